The molecule has 4 rings (SSSR count). The zero-order valence-electron chi connectivity index (χ0n) is 19.1. The highest BCUT2D eigenvalue weighted by Gasteiger charge is 2.19. The lowest BCUT2D eigenvalue weighted by molar-refractivity contribution is -0.141. The van der Waals surface area contributed by atoms with Crippen LogP contribution in [0.2, 0.25) is 0 Å². The van der Waals surface area contributed by atoms with Gasteiger partial charge in [-0.1, -0.05) is 36.8 Å². The van der Waals surface area contributed by atoms with Gasteiger partial charge in [-0.2, -0.15) is 0 Å². The Balaban J connectivity index is 1.75. The smallest absolute Gasteiger partial charge is 0.335 e. The van der Waals surface area contributed by atoms with Gasteiger partial charge in [0.25, 0.3) is 0 Å². The summed E-state index contributed by atoms with van der Waals surface area (Å²) in [5.41, 5.74) is 1.01. The number of aryl methyl sites for hydroxylation is 1. The summed E-state index contributed by atoms with van der Waals surface area (Å²) in [6.45, 7) is 3.29. The van der Waals surface area contributed by atoms with Gasteiger partial charge < -0.3 is 9.84 Å². The third-order valence-electron chi connectivity index (χ3n) is 5.82. The van der Waals surface area contributed by atoms with E-state index in [1.807, 2.05) is 31.2 Å². The van der Waals surface area contributed by atoms with E-state index in [0.717, 1.165) is 35.0 Å². The van der Waals surface area contributed by atoms with Crippen molar-refractivity contribution < 1.29 is 14.6 Å². The third-order valence-corrected chi connectivity index (χ3v) is 5.82. The first kappa shape index (κ1) is 23.2. The normalized spacial score (nSPS) is 15.1. The Morgan fingerprint density at radius 2 is 1.94 bits per heavy atom. The number of aliphatic carboxylic acids is 1. The highest BCUT2D eigenvalue weighted by molar-refractivity contribution is 5.69. The number of carbonyl (C=O) groups is 1. The lowest BCUT2D eigenvalue weighted by Crippen LogP contribution is -2.51. The van der Waals surface area contributed by atoms with Crippen LogP contribution in [0.4, 0.5) is 5.69 Å². The Labute approximate surface area is 195 Å². The van der Waals surface area contributed by atoms with Crippen LogP contribution in [0.25, 0.3) is 0 Å². The number of rotatable bonds is 8. The summed E-state index contributed by atoms with van der Waals surface area (Å²) in [6, 6.07) is 11.0. The minimum absolute atomic E-state index is 0.0456. The van der Waals surface area contributed by atoms with Crippen molar-refractivity contribution in [2.75, 3.05) is 0 Å². The molecule has 1 aliphatic rings. The van der Waals surface area contributed by atoms with Gasteiger partial charge in [0.1, 0.15) is 6.10 Å². The number of benzene rings is 1. The molecule has 178 valence electrons. The number of hydrogen-bond acceptors (Lipinski definition) is 6. The highest BCUT2D eigenvalue weighted by Crippen LogP contribution is 2.24. The summed E-state index contributed by atoms with van der Waals surface area (Å²) in [6.07, 6.45) is 4.91. The molecule has 2 N–H and O–H groups in total. The van der Waals surface area contributed by atoms with Gasteiger partial charge in [0, 0.05) is 12.6 Å². The highest BCUT2D eigenvalue weighted by atomic mass is 16.5. The van der Waals surface area contributed by atoms with Crippen LogP contribution in [0.5, 0.6) is 5.88 Å². The van der Waals surface area contributed by atoms with Gasteiger partial charge in [0.15, 0.2) is 0 Å². The maximum atomic E-state index is 13.3. The third kappa shape index (κ3) is 5.33. The van der Waals surface area contributed by atoms with Gasteiger partial charge in [-0.3, -0.25) is 14.3 Å². The molecule has 1 aliphatic carbocycles. The molecule has 2 heterocycles. The number of aromatic amines is 1. The van der Waals surface area contributed by atoms with Crippen molar-refractivity contribution in [1.82, 2.24) is 19.1 Å². The van der Waals surface area contributed by atoms with Gasteiger partial charge in [-0.05, 0) is 37.8 Å². The monoisotopic (exact) mass is 465 g/mol. The summed E-state index contributed by atoms with van der Waals surface area (Å²) in [5, 5.41) is 9.23. The van der Waals surface area contributed by atoms with Gasteiger partial charge >= 0.3 is 17.3 Å². The summed E-state index contributed by atoms with van der Waals surface area (Å²) in [7, 11) is 0. The van der Waals surface area contributed by atoms with E-state index in [0.29, 0.717) is 11.6 Å². The Morgan fingerprint density at radius 3 is 2.53 bits per heavy atom. The molecule has 2 aromatic heterocycles. The van der Waals surface area contributed by atoms with E-state index in [-0.39, 0.29) is 24.8 Å². The summed E-state index contributed by atoms with van der Waals surface area (Å²) in [4.78, 5) is 48.6. The molecule has 34 heavy (non-hydrogen) atoms. The summed E-state index contributed by atoms with van der Waals surface area (Å²) < 4.78 is 7.97. The van der Waals surface area contributed by atoms with E-state index in [1.54, 1.807) is 12.1 Å². The number of ether oxygens (including phenoxy) is 1. The van der Waals surface area contributed by atoms with Crippen LogP contribution in [0.3, 0.4) is 0 Å². The van der Waals surface area contributed by atoms with Crippen LogP contribution >= 0.6 is 0 Å². The first-order valence-corrected chi connectivity index (χ1v) is 11.2. The molecule has 1 aromatic carbocycles. The maximum absolute atomic E-state index is 13.3. The lowest BCUT2D eigenvalue weighted by atomic mass is 9.96. The van der Waals surface area contributed by atoms with Crippen molar-refractivity contribution >= 4 is 11.7 Å². The second kappa shape index (κ2) is 9.90. The number of carboxylic acid groups (broad SMARTS) is 1. The van der Waals surface area contributed by atoms with Crippen LogP contribution in [0.15, 0.2) is 57.2 Å². The molecule has 0 amide bonds. The molecular weight excluding hydrogens is 438 g/mol. The predicted octanol–water partition coefficient (Wildman–Crippen LogP) is 1.97. The number of carboxylic acids is 1. The Kier molecular flexibility index (Phi) is 6.76. The number of H-pyrrole nitrogens is 1. The Bertz CT molecular complexity index is 1350. The van der Waals surface area contributed by atoms with Crippen LogP contribution in [-0.2, 0) is 17.9 Å². The standard InChI is InChI=1S/C24H27N5O5/c1-15-6-8-17(9-7-15)14-28-22(27-23(32)29(24(28)33)13-16(2)21(30)31)26-18-10-11-20(25-12-18)34-19-4-3-5-19/h6-12,16,19H,3-5,13-14H2,1-2H3,(H,30,31)(H,26,27,32)/t16-/m0/s1. The molecular formula is C24H27N5O5. The molecule has 0 bridgehead atoms. The molecule has 0 aliphatic heterocycles. The predicted molar refractivity (Wildman–Crippen MR) is 124 cm³/mol. The molecule has 0 radical (unpaired) electrons. The van der Waals surface area contributed by atoms with Gasteiger partial charge in [-0.25, -0.2) is 24.1 Å². The fourth-order valence-corrected chi connectivity index (χ4v) is 3.46. The van der Waals surface area contributed by atoms with Crippen molar-refractivity contribution in [3.63, 3.8) is 0 Å². The lowest BCUT2D eigenvalue weighted by Gasteiger charge is -2.25. The average Bonchev–Trinajstić information content (AvgIpc) is 2.78. The van der Waals surface area contributed by atoms with E-state index in [4.69, 9.17) is 4.74 Å². The van der Waals surface area contributed by atoms with Crippen molar-refractivity contribution in [2.45, 2.75) is 52.3 Å². The van der Waals surface area contributed by atoms with Crippen LogP contribution < -0.4 is 21.7 Å². The zero-order valence-corrected chi connectivity index (χ0v) is 19.1. The fourth-order valence-electron chi connectivity index (χ4n) is 3.46. The summed E-state index contributed by atoms with van der Waals surface area (Å²) in [5.74, 6) is -1.51. The topological polar surface area (TPSA) is 132 Å². The molecule has 10 nitrogen and oxygen atoms in total. The van der Waals surface area contributed by atoms with Gasteiger partial charge in [-0.15, -0.1) is 0 Å². The van der Waals surface area contributed by atoms with Crippen LogP contribution in [-0.4, -0.2) is 36.3 Å². The average molecular weight is 466 g/mol. The molecule has 0 unspecified atom stereocenters. The van der Waals surface area contributed by atoms with Gasteiger partial charge in [0.2, 0.25) is 11.5 Å². The Hall–Kier alpha value is -3.95. The quantitative estimate of drug-likeness (QED) is 0.523. The van der Waals surface area contributed by atoms with E-state index >= 15 is 0 Å². The molecule has 0 spiro atoms. The largest absolute Gasteiger partial charge is 0.481 e. The number of nitrogens with one attached hydrogen (secondary N) is 1. The number of pyridine rings is 1. The SMILES string of the molecule is Cc1ccc(Cn2c(=O)n(C[C@H](C)C(=O)O)c(=O)[nH]/c2=N\c2ccc(OC3CCC3)nc2)cc1. The van der Waals surface area contributed by atoms with Crippen LogP contribution in [0.1, 0.15) is 37.3 Å². The van der Waals surface area contributed by atoms with Crippen LogP contribution in [0, 0.1) is 12.8 Å². The first-order chi connectivity index (χ1) is 16.3. The van der Waals surface area contributed by atoms with Gasteiger partial charge in [0.05, 0.1) is 24.3 Å². The van der Waals surface area contributed by atoms with Crippen molar-refractivity contribution in [3.05, 3.63) is 80.3 Å². The number of nitrogens with zero attached hydrogens (tertiary/aromatic N) is 4. The Morgan fingerprint density at radius 1 is 1.21 bits per heavy atom. The minimum Gasteiger partial charge on any atom is -0.481 e. The molecule has 1 fully saturated rings. The minimum atomic E-state index is -1.10. The van der Waals surface area contributed by atoms with E-state index in [1.165, 1.54) is 17.7 Å². The van der Waals surface area contributed by atoms with Crippen molar-refractivity contribution in [3.8, 4) is 5.88 Å². The fraction of sp³-hybridized carbons (Fsp3) is 0.375. The van der Waals surface area contributed by atoms with E-state index < -0.39 is 23.3 Å². The first-order valence-electron chi connectivity index (χ1n) is 11.2. The van der Waals surface area contributed by atoms with E-state index in [9.17, 15) is 19.5 Å². The zero-order chi connectivity index (χ0) is 24.2. The molecule has 1 atom stereocenters. The molecule has 10 heteroatoms. The summed E-state index contributed by atoms with van der Waals surface area (Å²) >= 11 is 0. The van der Waals surface area contributed by atoms with E-state index in [2.05, 4.69) is 15.0 Å². The maximum Gasteiger partial charge on any atom is 0.335 e. The second-order valence-corrected chi connectivity index (χ2v) is 8.60. The molecule has 1 saturated carbocycles. The van der Waals surface area contributed by atoms with Crippen molar-refractivity contribution in [1.29, 1.82) is 0 Å². The molecule has 0 saturated heterocycles. The van der Waals surface area contributed by atoms with Crippen molar-refractivity contribution in [2.24, 2.45) is 10.9 Å². The molecule has 3 aromatic rings. The number of aromatic nitrogens is 4. The number of hydrogen-bond donors (Lipinski definition) is 2. The second-order valence-electron chi connectivity index (χ2n) is 8.60.